The fraction of sp³-hybridized carbons (Fsp3) is 0. The van der Waals surface area contributed by atoms with Crippen molar-refractivity contribution in [2.24, 2.45) is 0 Å². The minimum absolute atomic E-state index is 0.694. The van der Waals surface area contributed by atoms with Gasteiger partial charge < -0.3 is 4.57 Å². The molecular formula is C42H25N5S. The topological polar surface area (TPSA) is 56.5 Å². The zero-order valence-corrected chi connectivity index (χ0v) is 26.4. The van der Waals surface area contributed by atoms with Crippen molar-refractivity contribution >= 4 is 64.1 Å². The molecule has 4 aromatic heterocycles. The van der Waals surface area contributed by atoms with Gasteiger partial charge in [-0.15, -0.1) is 11.3 Å². The normalized spacial score (nSPS) is 11.8. The number of hydrogen-bond donors (Lipinski definition) is 0. The van der Waals surface area contributed by atoms with E-state index >= 15 is 0 Å². The highest BCUT2D eigenvalue weighted by Gasteiger charge is 2.24. The summed E-state index contributed by atoms with van der Waals surface area (Å²) in [5, 5.41) is 7.34. The minimum atomic E-state index is 0.694. The van der Waals surface area contributed by atoms with Gasteiger partial charge in [-0.3, -0.25) is 0 Å². The lowest BCUT2D eigenvalue weighted by molar-refractivity contribution is 1.09. The Labute approximate surface area is 279 Å². The summed E-state index contributed by atoms with van der Waals surface area (Å²) >= 11 is 1.86. The van der Waals surface area contributed by atoms with Crippen LogP contribution in [0.1, 0.15) is 0 Å². The lowest BCUT2D eigenvalue weighted by atomic mass is 9.99. The molecule has 10 aromatic rings. The first kappa shape index (κ1) is 26.9. The summed E-state index contributed by atoms with van der Waals surface area (Å²) in [6.07, 6.45) is 5.59. The minimum Gasteiger partial charge on any atom is -0.305 e. The van der Waals surface area contributed by atoms with Crippen molar-refractivity contribution in [1.82, 2.24) is 24.5 Å². The van der Waals surface area contributed by atoms with Crippen molar-refractivity contribution < 1.29 is 0 Å². The van der Waals surface area contributed by atoms with Gasteiger partial charge in [-0.1, -0.05) is 103 Å². The van der Waals surface area contributed by atoms with Crippen LogP contribution in [0.3, 0.4) is 0 Å². The van der Waals surface area contributed by atoms with Gasteiger partial charge in [0.2, 0.25) is 0 Å². The molecule has 224 valence electrons. The van der Waals surface area contributed by atoms with E-state index in [0.29, 0.717) is 11.6 Å². The van der Waals surface area contributed by atoms with E-state index in [1.165, 1.54) is 36.3 Å². The number of thiophene rings is 1. The predicted molar refractivity (Wildman–Crippen MR) is 199 cm³/mol. The molecule has 0 bridgehead atoms. The quantitative estimate of drug-likeness (QED) is 0.194. The lowest BCUT2D eigenvalue weighted by Gasteiger charge is -2.15. The lowest BCUT2D eigenvalue weighted by Crippen LogP contribution is -2.03. The molecule has 0 aliphatic heterocycles. The molecule has 0 radical (unpaired) electrons. The molecule has 10 rings (SSSR count). The number of hydrogen-bond acceptors (Lipinski definition) is 5. The maximum absolute atomic E-state index is 5.28. The van der Waals surface area contributed by atoms with Crippen LogP contribution < -0.4 is 0 Å². The van der Waals surface area contributed by atoms with E-state index in [0.717, 1.165) is 44.5 Å². The fourth-order valence-corrected chi connectivity index (χ4v) is 8.36. The molecule has 5 nitrogen and oxygen atoms in total. The van der Waals surface area contributed by atoms with Gasteiger partial charge in [0.15, 0.2) is 11.6 Å². The van der Waals surface area contributed by atoms with Crippen molar-refractivity contribution in [3.05, 3.63) is 152 Å². The van der Waals surface area contributed by atoms with E-state index in [9.17, 15) is 0 Å². The van der Waals surface area contributed by atoms with Crippen molar-refractivity contribution in [1.29, 1.82) is 0 Å². The van der Waals surface area contributed by atoms with Crippen LogP contribution in [0.5, 0.6) is 0 Å². The second kappa shape index (κ2) is 10.7. The summed E-state index contributed by atoms with van der Waals surface area (Å²) in [6.45, 7) is 0. The van der Waals surface area contributed by atoms with Gasteiger partial charge in [-0.2, -0.15) is 0 Å². The Kier molecular flexibility index (Phi) is 5.98. The largest absolute Gasteiger partial charge is 0.305 e. The zero-order valence-electron chi connectivity index (χ0n) is 25.6. The summed E-state index contributed by atoms with van der Waals surface area (Å²) < 4.78 is 4.92. The standard InChI is InChI=1S/C42H25N5S/c1-3-12-26(13-4-1)38-34(25-45-42(46-38)27-14-5-2-6-15-27)47-33-21-20-28(41-43-22-11-23-44-41)24-32(33)37-39(47)30-17-8-7-16-29(30)36-31-18-9-10-19-35(31)48-40(36)37/h1-25H. The number of nitrogens with zero attached hydrogens (tertiary/aromatic N) is 5. The number of benzene rings is 6. The van der Waals surface area contributed by atoms with E-state index in [1.807, 2.05) is 47.9 Å². The number of aromatic nitrogens is 5. The molecule has 0 saturated carbocycles. The highest BCUT2D eigenvalue weighted by atomic mass is 32.1. The summed E-state index contributed by atoms with van der Waals surface area (Å²) in [5.41, 5.74) is 7.00. The van der Waals surface area contributed by atoms with Gasteiger partial charge in [0.05, 0.1) is 28.6 Å². The Morgan fingerprint density at radius 1 is 0.500 bits per heavy atom. The van der Waals surface area contributed by atoms with Crippen molar-refractivity contribution in [2.75, 3.05) is 0 Å². The SMILES string of the molecule is c1ccc(-c2ncc(-n3c4ccc(-c5ncccn5)cc4c4c5sc6ccccc6c5c5ccccc5c43)c(-c3ccccc3)n2)cc1. The summed E-state index contributed by atoms with van der Waals surface area (Å²) in [7, 11) is 0. The second-order valence-corrected chi connectivity index (χ2v) is 12.9. The molecule has 0 N–H and O–H groups in total. The first-order valence-corrected chi connectivity index (χ1v) is 16.7. The third-order valence-corrected chi connectivity index (χ3v) is 10.3. The summed E-state index contributed by atoms with van der Waals surface area (Å²) in [5.74, 6) is 1.40. The average Bonchev–Trinajstić information content (AvgIpc) is 3.72. The van der Waals surface area contributed by atoms with E-state index in [2.05, 4.69) is 118 Å². The maximum atomic E-state index is 5.28. The Bertz CT molecular complexity index is 2820. The molecule has 4 heterocycles. The van der Waals surface area contributed by atoms with Crippen molar-refractivity contribution in [2.45, 2.75) is 0 Å². The van der Waals surface area contributed by atoms with Crippen LogP contribution in [0.2, 0.25) is 0 Å². The van der Waals surface area contributed by atoms with Gasteiger partial charge in [0.1, 0.15) is 0 Å². The molecule has 0 saturated heterocycles. The molecular weight excluding hydrogens is 607 g/mol. The zero-order chi connectivity index (χ0) is 31.6. The van der Waals surface area contributed by atoms with Gasteiger partial charge in [0.25, 0.3) is 0 Å². The Hall–Kier alpha value is -6.24. The Balaban J connectivity index is 1.41. The van der Waals surface area contributed by atoms with E-state index < -0.39 is 0 Å². The first-order valence-electron chi connectivity index (χ1n) is 15.9. The van der Waals surface area contributed by atoms with Crippen LogP contribution in [0.15, 0.2) is 152 Å². The summed E-state index contributed by atoms with van der Waals surface area (Å²) in [4.78, 5) is 19.5. The molecule has 0 atom stereocenters. The van der Waals surface area contributed by atoms with Crippen LogP contribution in [0.25, 0.3) is 92.5 Å². The van der Waals surface area contributed by atoms with Gasteiger partial charge in [0, 0.05) is 65.4 Å². The molecule has 0 spiro atoms. The van der Waals surface area contributed by atoms with Crippen molar-refractivity contribution in [3.8, 4) is 39.7 Å². The van der Waals surface area contributed by atoms with Crippen LogP contribution in [0, 0.1) is 0 Å². The summed E-state index contributed by atoms with van der Waals surface area (Å²) in [6, 6.07) is 46.6. The molecule has 0 unspecified atom stereocenters. The predicted octanol–water partition coefficient (Wildman–Crippen LogP) is 10.9. The maximum Gasteiger partial charge on any atom is 0.159 e. The second-order valence-electron chi connectivity index (χ2n) is 11.9. The third-order valence-electron chi connectivity index (χ3n) is 9.15. The molecule has 0 fully saturated rings. The fourth-order valence-electron chi connectivity index (χ4n) is 7.08. The highest BCUT2D eigenvalue weighted by Crippen LogP contribution is 2.49. The molecule has 0 aliphatic rings. The third kappa shape index (κ3) is 4.03. The van der Waals surface area contributed by atoms with Crippen LogP contribution in [-0.2, 0) is 0 Å². The van der Waals surface area contributed by atoms with Crippen LogP contribution in [-0.4, -0.2) is 24.5 Å². The smallest absolute Gasteiger partial charge is 0.159 e. The van der Waals surface area contributed by atoms with E-state index in [-0.39, 0.29) is 0 Å². The van der Waals surface area contributed by atoms with E-state index in [4.69, 9.17) is 9.97 Å². The number of fused-ring (bicyclic) bond motifs is 10. The van der Waals surface area contributed by atoms with Gasteiger partial charge in [-0.25, -0.2) is 19.9 Å². The Morgan fingerprint density at radius 3 is 1.98 bits per heavy atom. The first-order chi connectivity index (χ1) is 23.8. The highest BCUT2D eigenvalue weighted by molar-refractivity contribution is 7.27. The van der Waals surface area contributed by atoms with Crippen LogP contribution >= 0.6 is 11.3 Å². The molecule has 48 heavy (non-hydrogen) atoms. The monoisotopic (exact) mass is 631 g/mol. The number of rotatable bonds is 4. The van der Waals surface area contributed by atoms with E-state index in [1.54, 1.807) is 12.4 Å². The molecule has 6 heteroatoms. The van der Waals surface area contributed by atoms with Gasteiger partial charge >= 0.3 is 0 Å². The van der Waals surface area contributed by atoms with Crippen LogP contribution in [0.4, 0.5) is 0 Å². The molecule has 0 amide bonds. The van der Waals surface area contributed by atoms with Crippen molar-refractivity contribution in [3.63, 3.8) is 0 Å². The molecule has 6 aromatic carbocycles. The Morgan fingerprint density at radius 2 is 1.19 bits per heavy atom. The average molecular weight is 632 g/mol. The molecule has 0 aliphatic carbocycles. The van der Waals surface area contributed by atoms with Gasteiger partial charge in [-0.05, 0) is 35.7 Å².